The van der Waals surface area contributed by atoms with Crippen LogP contribution in [0.1, 0.15) is 52.0 Å². The summed E-state index contributed by atoms with van der Waals surface area (Å²) in [5.41, 5.74) is 4.21. The van der Waals surface area contributed by atoms with Gasteiger partial charge in [-0.15, -0.1) is 0 Å². The van der Waals surface area contributed by atoms with Gasteiger partial charge in [0.15, 0.2) is 0 Å². The van der Waals surface area contributed by atoms with E-state index in [1.807, 2.05) is 49.1 Å². The minimum atomic E-state index is 0.0680. The van der Waals surface area contributed by atoms with E-state index in [4.69, 9.17) is 18.6 Å². The van der Waals surface area contributed by atoms with E-state index in [0.717, 1.165) is 65.0 Å². The lowest BCUT2D eigenvalue weighted by molar-refractivity contribution is -0.129. The van der Waals surface area contributed by atoms with Crippen LogP contribution in [0.15, 0.2) is 47.1 Å². The van der Waals surface area contributed by atoms with Gasteiger partial charge >= 0.3 is 0 Å². The molecule has 0 bridgehead atoms. The predicted molar refractivity (Wildman–Crippen MR) is 139 cm³/mol. The van der Waals surface area contributed by atoms with Gasteiger partial charge in [-0.05, 0) is 69.4 Å². The van der Waals surface area contributed by atoms with E-state index in [2.05, 4.69) is 6.92 Å². The molecule has 1 unspecified atom stereocenters. The van der Waals surface area contributed by atoms with Crippen LogP contribution in [-0.2, 0) is 4.79 Å². The Bertz CT molecular complexity index is 1230. The number of allylic oxidation sites excluding steroid dienone is 1. The number of carbonyl (C=O) groups excluding carboxylic acids is 1. The summed E-state index contributed by atoms with van der Waals surface area (Å²) in [4.78, 5) is 15.3. The maximum Gasteiger partial charge on any atom is 0.247 e. The Labute approximate surface area is 207 Å². The lowest BCUT2D eigenvalue weighted by Crippen LogP contribution is -2.42. The van der Waals surface area contributed by atoms with Crippen LogP contribution in [-0.4, -0.2) is 44.2 Å². The molecule has 1 atom stereocenters. The van der Waals surface area contributed by atoms with Crippen molar-refractivity contribution in [1.29, 1.82) is 0 Å². The van der Waals surface area contributed by atoms with Crippen LogP contribution in [0.3, 0.4) is 0 Å². The maximum absolute atomic E-state index is 13.2. The van der Waals surface area contributed by atoms with Crippen molar-refractivity contribution < 1.29 is 23.4 Å². The molecular formula is C29H35NO5. The van der Waals surface area contributed by atoms with Gasteiger partial charge in [0.05, 0.1) is 27.1 Å². The van der Waals surface area contributed by atoms with Crippen molar-refractivity contribution in [3.8, 4) is 28.4 Å². The van der Waals surface area contributed by atoms with E-state index in [9.17, 15) is 4.79 Å². The third-order valence-electron chi connectivity index (χ3n) is 6.82. The smallest absolute Gasteiger partial charge is 0.247 e. The maximum atomic E-state index is 13.2. The molecule has 2 aromatic carbocycles. The Morgan fingerprint density at radius 3 is 2.63 bits per heavy atom. The molecule has 0 aliphatic carbocycles. The van der Waals surface area contributed by atoms with Gasteiger partial charge in [0.25, 0.3) is 0 Å². The topological polar surface area (TPSA) is 61.1 Å². The number of benzene rings is 2. The molecule has 1 saturated heterocycles. The molecule has 0 saturated carbocycles. The van der Waals surface area contributed by atoms with Crippen molar-refractivity contribution in [3.63, 3.8) is 0 Å². The molecular weight excluding hydrogens is 442 g/mol. The minimum absolute atomic E-state index is 0.0680. The molecule has 35 heavy (non-hydrogen) atoms. The molecule has 1 fully saturated rings. The van der Waals surface area contributed by atoms with Crippen molar-refractivity contribution in [2.75, 3.05) is 27.4 Å². The zero-order valence-electron chi connectivity index (χ0n) is 21.3. The summed E-state index contributed by atoms with van der Waals surface area (Å²) < 4.78 is 22.9. The first kappa shape index (κ1) is 24.7. The summed E-state index contributed by atoms with van der Waals surface area (Å²) in [6.07, 6.45) is 7.79. The molecule has 1 aromatic heterocycles. The average Bonchev–Trinajstić information content (AvgIpc) is 3.30. The number of piperidine rings is 1. The van der Waals surface area contributed by atoms with Crippen molar-refractivity contribution in [1.82, 2.24) is 4.90 Å². The second-order valence-corrected chi connectivity index (χ2v) is 8.91. The molecule has 6 nitrogen and oxygen atoms in total. The van der Waals surface area contributed by atoms with Gasteiger partial charge in [-0.25, -0.2) is 0 Å². The Morgan fingerprint density at radius 2 is 1.91 bits per heavy atom. The first-order valence-electron chi connectivity index (χ1n) is 12.4. The number of amides is 1. The molecule has 186 valence electrons. The Kier molecular flexibility index (Phi) is 7.69. The molecule has 0 radical (unpaired) electrons. The van der Waals surface area contributed by atoms with E-state index >= 15 is 0 Å². The zero-order valence-corrected chi connectivity index (χ0v) is 21.3. The fraction of sp³-hybridized carbons (Fsp3) is 0.414. The van der Waals surface area contributed by atoms with E-state index in [0.29, 0.717) is 24.0 Å². The highest BCUT2D eigenvalue weighted by molar-refractivity contribution is 6.01. The summed E-state index contributed by atoms with van der Waals surface area (Å²) in [6.45, 7) is 7.41. The molecule has 0 N–H and O–H groups in total. The van der Waals surface area contributed by atoms with E-state index in [1.165, 1.54) is 6.42 Å². The highest BCUT2D eigenvalue weighted by atomic mass is 16.5. The molecule has 2 heterocycles. The summed E-state index contributed by atoms with van der Waals surface area (Å²) in [5.74, 6) is 2.22. The van der Waals surface area contributed by atoms with Gasteiger partial charge in [0.2, 0.25) is 5.91 Å². The van der Waals surface area contributed by atoms with Crippen molar-refractivity contribution in [2.24, 2.45) is 0 Å². The monoisotopic (exact) mass is 477 g/mol. The third kappa shape index (κ3) is 5.02. The summed E-state index contributed by atoms with van der Waals surface area (Å²) in [7, 11) is 3.29. The quantitative estimate of drug-likeness (QED) is 0.338. The minimum Gasteiger partial charge on any atom is -0.497 e. The lowest BCUT2D eigenvalue weighted by atomic mass is 9.97. The van der Waals surface area contributed by atoms with E-state index in [-0.39, 0.29) is 5.91 Å². The highest BCUT2D eigenvalue weighted by Crippen LogP contribution is 2.41. The Morgan fingerprint density at radius 1 is 1.09 bits per heavy atom. The first-order valence-corrected chi connectivity index (χ1v) is 12.4. The highest BCUT2D eigenvalue weighted by Gasteiger charge is 2.25. The van der Waals surface area contributed by atoms with Crippen LogP contribution >= 0.6 is 0 Å². The standard InChI is InChI=1S/C29H35NO5/c1-6-20-10-8-9-13-30(20)29(31)14-19(3)22-16-24-25(18-35-28(24)17-27(22)34-7-2)23-15-21(32-4)11-12-26(23)33-5/h11-12,14-18,20H,6-10,13H2,1-5H3/b19-14+. The zero-order chi connectivity index (χ0) is 24.9. The second-order valence-electron chi connectivity index (χ2n) is 8.91. The predicted octanol–water partition coefficient (Wildman–Crippen LogP) is 6.71. The number of furan rings is 1. The normalized spacial score (nSPS) is 16.4. The van der Waals surface area contributed by atoms with Gasteiger partial charge in [-0.3, -0.25) is 4.79 Å². The molecule has 1 aliphatic heterocycles. The number of nitrogens with zero attached hydrogens (tertiary/aromatic N) is 1. The number of rotatable bonds is 8. The summed E-state index contributed by atoms with van der Waals surface area (Å²) >= 11 is 0. The van der Waals surface area contributed by atoms with Crippen LogP contribution in [0, 0.1) is 0 Å². The number of carbonyl (C=O) groups is 1. The largest absolute Gasteiger partial charge is 0.497 e. The van der Waals surface area contributed by atoms with Crippen LogP contribution in [0.4, 0.5) is 0 Å². The third-order valence-corrected chi connectivity index (χ3v) is 6.82. The molecule has 1 aliphatic rings. The van der Waals surface area contributed by atoms with Crippen LogP contribution in [0.2, 0.25) is 0 Å². The Hall–Kier alpha value is -3.41. The number of hydrogen-bond donors (Lipinski definition) is 0. The number of likely N-dealkylation sites (tertiary alicyclic amines) is 1. The number of ether oxygens (including phenoxy) is 3. The van der Waals surface area contributed by atoms with Crippen LogP contribution in [0.5, 0.6) is 17.2 Å². The molecule has 0 spiro atoms. The Balaban J connectivity index is 1.80. The van der Waals surface area contributed by atoms with Gasteiger partial charge in [-0.2, -0.15) is 0 Å². The van der Waals surface area contributed by atoms with Gasteiger partial charge in [0, 0.05) is 46.8 Å². The van der Waals surface area contributed by atoms with E-state index < -0.39 is 0 Å². The molecule has 1 amide bonds. The van der Waals surface area contributed by atoms with Crippen molar-refractivity contribution in [2.45, 2.75) is 52.5 Å². The molecule has 6 heteroatoms. The molecule has 4 rings (SSSR count). The number of hydrogen-bond acceptors (Lipinski definition) is 5. The van der Waals surface area contributed by atoms with E-state index in [1.54, 1.807) is 26.6 Å². The SMILES string of the molecule is CCOc1cc2occ(-c3cc(OC)ccc3OC)c2cc1/C(C)=C/C(=O)N1CCCCC1CC. The second kappa shape index (κ2) is 10.9. The summed E-state index contributed by atoms with van der Waals surface area (Å²) in [6, 6.07) is 9.95. The lowest BCUT2D eigenvalue weighted by Gasteiger charge is -2.34. The summed E-state index contributed by atoms with van der Waals surface area (Å²) in [5, 5.41) is 0.916. The van der Waals surface area contributed by atoms with Gasteiger partial charge < -0.3 is 23.5 Å². The number of fused-ring (bicyclic) bond motifs is 1. The fourth-order valence-corrected chi connectivity index (χ4v) is 4.93. The van der Waals surface area contributed by atoms with Crippen molar-refractivity contribution >= 4 is 22.4 Å². The fourth-order valence-electron chi connectivity index (χ4n) is 4.93. The first-order chi connectivity index (χ1) is 17.0. The molecule has 3 aromatic rings. The average molecular weight is 478 g/mol. The number of methoxy groups -OCH3 is 2. The van der Waals surface area contributed by atoms with Gasteiger partial charge in [0.1, 0.15) is 22.8 Å². The van der Waals surface area contributed by atoms with Crippen molar-refractivity contribution in [3.05, 3.63) is 48.2 Å². The van der Waals surface area contributed by atoms with Gasteiger partial charge in [-0.1, -0.05) is 6.92 Å². The van der Waals surface area contributed by atoms with Crippen LogP contribution < -0.4 is 14.2 Å². The van der Waals surface area contributed by atoms with Crippen LogP contribution in [0.25, 0.3) is 27.7 Å².